The highest BCUT2D eigenvalue weighted by molar-refractivity contribution is 6.23. The fraction of sp³-hybridized carbons (Fsp3) is 0.167. The smallest absolute Gasteiger partial charge is 0.228 e. The summed E-state index contributed by atoms with van der Waals surface area (Å²) in [6.45, 7) is 2.07. The van der Waals surface area contributed by atoms with Crippen LogP contribution in [0, 0.1) is 0 Å². The summed E-state index contributed by atoms with van der Waals surface area (Å²) in [6, 6.07) is 4.09. The Hall–Kier alpha value is -2.10. The highest BCUT2D eigenvalue weighted by atomic mass is 16.5. The van der Waals surface area contributed by atoms with Crippen LogP contribution in [0.25, 0.3) is 0 Å². The molecule has 4 nitrogen and oxygen atoms in total. The molecule has 2 rings (SSSR count). The summed E-state index contributed by atoms with van der Waals surface area (Å²) in [7, 11) is 0. The summed E-state index contributed by atoms with van der Waals surface area (Å²) in [5.74, 6) is -0.621. The van der Waals surface area contributed by atoms with E-state index in [4.69, 9.17) is 4.74 Å². The van der Waals surface area contributed by atoms with Crippen molar-refractivity contribution in [3.8, 4) is 5.75 Å². The number of Topliss-reactive ketones (excluding diaryl/α,β-unsaturated/α-hetero) is 1. The lowest BCUT2D eigenvalue weighted by atomic mass is 9.93. The highest BCUT2D eigenvalue weighted by Gasteiger charge is 2.26. The standard InChI is InChI=1S/C12H10O4/c1-2-16-11-6-10(14)9-5-7(13)3-4-8(9)12(11)15/h3-6,13H,2H2,1H3. The minimum atomic E-state index is -0.325. The molecule has 0 saturated heterocycles. The maximum Gasteiger partial charge on any atom is 0.228 e. The van der Waals surface area contributed by atoms with Crippen molar-refractivity contribution >= 4 is 11.6 Å². The summed E-state index contributed by atoms with van der Waals surface area (Å²) in [6.07, 6.45) is 1.16. The Kier molecular flexibility index (Phi) is 2.48. The number of phenolic OH excluding ortho intramolecular Hbond substituents is 1. The van der Waals surface area contributed by atoms with Gasteiger partial charge < -0.3 is 9.84 Å². The highest BCUT2D eigenvalue weighted by Crippen LogP contribution is 2.25. The lowest BCUT2D eigenvalue weighted by molar-refractivity contribution is 0.0891. The van der Waals surface area contributed by atoms with Gasteiger partial charge in [-0.3, -0.25) is 9.59 Å². The number of fused-ring (bicyclic) bond motifs is 1. The third kappa shape index (κ3) is 1.58. The first kappa shape index (κ1) is 10.4. The fourth-order valence-electron chi connectivity index (χ4n) is 1.59. The summed E-state index contributed by atoms with van der Waals surface area (Å²) in [5.41, 5.74) is 0.488. The van der Waals surface area contributed by atoms with Crippen molar-refractivity contribution < 1.29 is 19.4 Å². The summed E-state index contributed by atoms with van der Waals surface area (Å²) in [5, 5.41) is 9.25. The molecule has 0 saturated carbocycles. The quantitative estimate of drug-likeness (QED) is 0.820. The average Bonchev–Trinajstić information content (AvgIpc) is 2.26. The van der Waals surface area contributed by atoms with Crippen LogP contribution < -0.4 is 0 Å². The van der Waals surface area contributed by atoms with Crippen molar-refractivity contribution in [2.75, 3.05) is 6.61 Å². The van der Waals surface area contributed by atoms with Crippen LogP contribution in [0.4, 0.5) is 0 Å². The van der Waals surface area contributed by atoms with Gasteiger partial charge in [-0.15, -0.1) is 0 Å². The minimum Gasteiger partial charge on any atom is -0.508 e. The van der Waals surface area contributed by atoms with E-state index in [-0.39, 0.29) is 34.2 Å². The molecule has 1 aromatic rings. The van der Waals surface area contributed by atoms with Gasteiger partial charge in [0.2, 0.25) is 5.78 Å². The lowest BCUT2D eigenvalue weighted by Crippen LogP contribution is -2.18. The summed E-state index contributed by atoms with van der Waals surface area (Å²) in [4.78, 5) is 23.5. The van der Waals surface area contributed by atoms with Gasteiger partial charge in [-0.1, -0.05) is 0 Å². The molecular formula is C12H10O4. The van der Waals surface area contributed by atoms with Gasteiger partial charge in [-0.2, -0.15) is 0 Å². The van der Waals surface area contributed by atoms with Crippen molar-refractivity contribution in [1.29, 1.82) is 0 Å². The van der Waals surface area contributed by atoms with Gasteiger partial charge in [-0.25, -0.2) is 0 Å². The van der Waals surface area contributed by atoms with E-state index in [1.807, 2.05) is 0 Å². The number of carbonyl (C=O) groups is 2. The van der Waals surface area contributed by atoms with E-state index >= 15 is 0 Å². The molecule has 0 aliphatic heterocycles. The number of hydrogen-bond donors (Lipinski definition) is 1. The maximum absolute atomic E-state index is 11.8. The first-order valence-corrected chi connectivity index (χ1v) is 4.90. The van der Waals surface area contributed by atoms with E-state index in [0.717, 1.165) is 6.08 Å². The third-order valence-corrected chi connectivity index (χ3v) is 2.30. The number of rotatable bonds is 2. The number of hydrogen-bond acceptors (Lipinski definition) is 4. The third-order valence-electron chi connectivity index (χ3n) is 2.30. The van der Waals surface area contributed by atoms with E-state index < -0.39 is 0 Å². The topological polar surface area (TPSA) is 63.6 Å². The van der Waals surface area contributed by atoms with Gasteiger partial charge in [-0.05, 0) is 25.1 Å². The molecule has 0 amide bonds. The van der Waals surface area contributed by atoms with E-state index in [2.05, 4.69) is 0 Å². The molecule has 1 aromatic carbocycles. The number of aromatic hydroxyl groups is 1. The van der Waals surface area contributed by atoms with Crippen molar-refractivity contribution in [1.82, 2.24) is 0 Å². The van der Waals surface area contributed by atoms with Crippen LogP contribution in [0.3, 0.4) is 0 Å². The Bertz CT molecular complexity index is 500. The first-order chi connectivity index (χ1) is 7.63. The van der Waals surface area contributed by atoms with Crippen molar-refractivity contribution in [3.63, 3.8) is 0 Å². The van der Waals surface area contributed by atoms with Crippen molar-refractivity contribution in [2.45, 2.75) is 6.92 Å². The van der Waals surface area contributed by atoms with E-state index in [0.29, 0.717) is 6.61 Å². The second-order valence-electron chi connectivity index (χ2n) is 3.36. The Morgan fingerprint density at radius 1 is 1.25 bits per heavy atom. The van der Waals surface area contributed by atoms with Gasteiger partial charge in [0.25, 0.3) is 0 Å². The average molecular weight is 218 g/mol. The molecule has 0 heterocycles. The zero-order valence-electron chi connectivity index (χ0n) is 8.69. The largest absolute Gasteiger partial charge is 0.508 e. The Morgan fingerprint density at radius 2 is 2.00 bits per heavy atom. The summed E-state index contributed by atoms with van der Waals surface area (Å²) >= 11 is 0. The molecule has 0 aromatic heterocycles. The predicted molar refractivity (Wildman–Crippen MR) is 56.5 cm³/mol. The zero-order chi connectivity index (χ0) is 11.7. The van der Waals surface area contributed by atoms with E-state index in [1.54, 1.807) is 6.92 Å². The van der Waals surface area contributed by atoms with E-state index in [9.17, 15) is 14.7 Å². The van der Waals surface area contributed by atoms with Crippen LogP contribution in [0.2, 0.25) is 0 Å². The molecule has 1 aliphatic carbocycles. The molecule has 1 N–H and O–H groups in total. The van der Waals surface area contributed by atoms with Crippen LogP contribution in [0.1, 0.15) is 27.6 Å². The van der Waals surface area contributed by atoms with Gasteiger partial charge in [0.1, 0.15) is 5.75 Å². The molecule has 0 fully saturated rings. The first-order valence-electron chi connectivity index (χ1n) is 4.90. The second-order valence-corrected chi connectivity index (χ2v) is 3.36. The molecule has 0 spiro atoms. The Morgan fingerprint density at radius 3 is 2.69 bits per heavy atom. The van der Waals surface area contributed by atoms with Crippen molar-refractivity contribution in [2.24, 2.45) is 0 Å². The number of carbonyl (C=O) groups excluding carboxylic acids is 2. The van der Waals surface area contributed by atoms with Crippen LogP contribution in [0.5, 0.6) is 5.75 Å². The van der Waals surface area contributed by atoms with Gasteiger partial charge >= 0.3 is 0 Å². The van der Waals surface area contributed by atoms with Gasteiger partial charge in [0, 0.05) is 17.2 Å². The Balaban J connectivity index is 2.51. The lowest BCUT2D eigenvalue weighted by Gasteiger charge is -2.14. The zero-order valence-corrected chi connectivity index (χ0v) is 8.69. The molecule has 0 radical (unpaired) electrons. The number of allylic oxidation sites excluding steroid dienone is 2. The molecule has 1 aliphatic rings. The SMILES string of the molecule is CCOC1=CC(=O)c2cc(O)ccc2C1=O. The number of ether oxygens (including phenoxy) is 1. The number of benzene rings is 1. The molecule has 0 atom stereocenters. The van der Waals surface area contributed by atoms with Crippen LogP contribution >= 0.6 is 0 Å². The fourth-order valence-corrected chi connectivity index (χ4v) is 1.59. The van der Waals surface area contributed by atoms with E-state index in [1.165, 1.54) is 18.2 Å². The monoisotopic (exact) mass is 218 g/mol. The molecule has 0 unspecified atom stereocenters. The number of phenols is 1. The Labute approximate surface area is 92.2 Å². The molecule has 4 heteroatoms. The van der Waals surface area contributed by atoms with Crippen molar-refractivity contribution in [3.05, 3.63) is 41.2 Å². The van der Waals surface area contributed by atoms with Gasteiger partial charge in [0.05, 0.1) is 6.61 Å². The molecule has 82 valence electrons. The van der Waals surface area contributed by atoms with Crippen LogP contribution in [-0.4, -0.2) is 23.3 Å². The minimum absolute atomic E-state index is 0.0341. The molecule has 0 bridgehead atoms. The molecular weight excluding hydrogens is 208 g/mol. The van der Waals surface area contributed by atoms with Gasteiger partial charge in [0.15, 0.2) is 11.5 Å². The normalized spacial score (nSPS) is 14.4. The predicted octanol–water partition coefficient (Wildman–Crippen LogP) is 1.69. The summed E-state index contributed by atoms with van der Waals surface area (Å²) < 4.78 is 5.08. The van der Waals surface area contributed by atoms with Crippen LogP contribution in [-0.2, 0) is 4.74 Å². The number of ketones is 2. The molecule has 16 heavy (non-hydrogen) atoms. The van der Waals surface area contributed by atoms with Crippen LogP contribution in [0.15, 0.2) is 30.0 Å². The maximum atomic E-state index is 11.8. The second kappa shape index (κ2) is 3.81.